The zero-order valence-electron chi connectivity index (χ0n) is 24.1. The van der Waals surface area contributed by atoms with Crippen LogP contribution in [-0.4, -0.2) is 141 Å². The molecule has 0 radical (unpaired) electrons. The Morgan fingerprint density at radius 2 is 1.12 bits per heavy atom. The van der Waals surface area contributed by atoms with Crippen LogP contribution in [0.2, 0.25) is 0 Å². The van der Waals surface area contributed by atoms with Gasteiger partial charge in [-0.05, 0) is 0 Å². The lowest BCUT2D eigenvalue weighted by Crippen LogP contribution is -2.32. The highest BCUT2D eigenvalue weighted by atomic mass is 32.2. The highest BCUT2D eigenvalue weighted by Crippen LogP contribution is 2.31. The molecule has 3 heterocycles. The topological polar surface area (TPSA) is 71.1 Å². The van der Waals surface area contributed by atoms with Gasteiger partial charge in [0.1, 0.15) is 12.2 Å². The minimum atomic E-state index is -0.389. The van der Waals surface area contributed by atoms with E-state index in [2.05, 4.69) is 36.7 Å². The van der Waals surface area contributed by atoms with Gasteiger partial charge in [0.2, 0.25) is 0 Å². The van der Waals surface area contributed by atoms with Crippen LogP contribution in [0.25, 0.3) is 0 Å². The summed E-state index contributed by atoms with van der Waals surface area (Å²) < 4.78 is 23.2. The first-order valence-electron chi connectivity index (χ1n) is 14.1. The van der Waals surface area contributed by atoms with E-state index >= 15 is 0 Å². The van der Waals surface area contributed by atoms with Gasteiger partial charge in [-0.25, -0.2) is 9.59 Å². The number of rotatable bonds is 20. The molecular formula is C28H44O6S8. The molecule has 0 aromatic rings. The number of carbonyl (C=O) groups is 2. The Morgan fingerprint density at radius 1 is 0.667 bits per heavy atom. The van der Waals surface area contributed by atoms with Gasteiger partial charge in [-0.15, -0.1) is 0 Å². The second kappa shape index (κ2) is 23.5. The molecule has 240 valence electrons. The lowest BCUT2D eigenvalue weighted by molar-refractivity contribution is -0.145. The molecule has 0 aromatic carbocycles. The van der Waals surface area contributed by atoms with Crippen molar-refractivity contribution in [1.82, 2.24) is 0 Å². The van der Waals surface area contributed by atoms with Crippen molar-refractivity contribution < 1.29 is 28.5 Å². The first-order chi connectivity index (χ1) is 20.6. The minimum Gasteiger partial charge on any atom is -0.456 e. The van der Waals surface area contributed by atoms with Crippen molar-refractivity contribution in [2.45, 2.75) is 33.2 Å². The van der Waals surface area contributed by atoms with Crippen LogP contribution < -0.4 is 0 Å². The van der Waals surface area contributed by atoms with Crippen molar-refractivity contribution >= 4 is 106 Å². The number of thioether (sulfide) groups is 8. The number of carbonyl (C=O) groups excluding carboxylic acids is 2. The van der Waals surface area contributed by atoms with E-state index < -0.39 is 0 Å². The molecular weight excluding hydrogens is 689 g/mol. The van der Waals surface area contributed by atoms with Crippen LogP contribution in [0.5, 0.6) is 0 Å². The normalized spacial score (nSPS) is 26.1. The molecule has 14 heteroatoms. The highest BCUT2D eigenvalue weighted by Gasteiger charge is 2.25. The van der Waals surface area contributed by atoms with Gasteiger partial charge in [0.05, 0.1) is 26.4 Å². The van der Waals surface area contributed by atoms with Crippen molar-refractivity contribution in [2.24, 2.45) is 0 Å². The van der Waals surface area contributed by atoms with Gasteiger partial charge in [-0.2, -0.15) is 94.1 Å². The van der Waals surface area contributed by atoms with Crippen molar-refractivity contribution in [1.29, 1.82) is 0 Å². The van der Waals surface area contributed by atoms with Crippen molar-refractivity contribution in [3.63, 3.8) is 0 Å². The summed E-state index contributed by atoms with van der Waals surface area (Å²) in [6, 6.07) is 0. The first kappa shape index (κ1) is 37.6. The lowest BCUT2D eigenvalue weighted by Gasteiger charge is -2.28. The summed E-state index contributed by atoms with van der Waals surface area (Å²) in [7, 11) is 0. The molecule has 0 amide bonds. The summed E-state index contributed by atoms with van der Waals surface area (Å²) >= 11 is 15.7. The van der Waals surface area contributed by atoms with E-state index in [0.717, 1.165) is 34.5 Å². The summed E-state index contributed by atoms with van der Waals surface area (Å²) in [5.74, 6) is 12.2. The standard InChI is InChI=1S/C28H44O6S8/c1-3-27(29)33-21(13-37-17-25-15-35-5-7-39-25)9-31-11-23-19-42-24(20-41-23)12-32-10-22(34-28(30)4-2)14-38-18-26-16-36-6-8-40-26/h3-4,21-26H,1-2,5-20H2. The average Bonchev–Trinajstić information content (AvgIpc) is 3.02. The maximum absolute atomic E-state index is 11.8. The molecule has 6 unspecified atom stereocenters. The summed E-state index contributed by atoms with van der Waals surface area (Å²) in [6.07, 6.45) is 1.93. The summed E-state index contributed by atoms with van der Waals surface area (Å²) in [4.78, 5) is 23.7. The third kappa shape index (κ3) is 16.6. The number of ether oxygens (including phenoxy) is 4. The molecule has 42 heavy (non-hydrogen) atoms. The Labute approximate surface area is 286 Å². The molecule has 3 aliphatic rings. The van der Waals surface area contributed by atoms with Crippen LogP contribution in [0.4, 0.5) is 0 Å². The van der Waals surface area contributed by atoms with Gasteiger partial charge in [-0.1, -0.05) is 13.2 Å². The molecule has 3 fully saturated rings. The first-order valence-corrected chi connectivity index (χ1v) is 23.0. The fourth-order valence-corrected chi connectivity index (χ4v) is 15.2. The van der Waals surface area contributed by atoms with E-state index in [-0.39, 0.29) is 24.1 Å². The van der Waals surface area contributed by atoms with Gasteiger partial charge < -0.3 is 18.9 Å². The highest BCUT2D eigenvalue weighted by molar-refractivity contribution is 8.08. The molecule has 0 saturated carbocycles. The van der Waals surface area contributed by atoms with E-state index in [4.69, 9.17) is 18.9 Å². The second-order valence-electron chi connectivity index (χ2n) is 9.72. The molecule has 0 aromatic heterocycles. The van der Waals surface area contributed by atoms with Crippen LogP contribution in [0.1, 0.15) is 0 Å². The quantitative estimate of drug-likeness (QED) is 0.115. The molecule has 6 atom stereocenters. The fraction of sp³-hybridized carbons (Fsp3) is 0.786. The Bertz CT molecular complexity index is 724. The fourth-order valence-electron chi connectivity index (χ4n) is 4.02. The second-order valence-corrected chi connectivity index (χ2v) is 19.7. The van der Waals surface area contributed by atoms with Gasteiger partial charge in [0.25, 0.3) is 0 Å². The molecule has 0 aliphatic carbocycles. The zero-order chi connectivity index (χ0) is 29.8. The molecule has 0 spiro atoms. The SMILES string of the molecule is C=CC(=O)OC(COCC1CSC(COCC(CSCC2CSCCS2)OC(=O)C=C)CS1)CSCC1CSCCS1. The Balaban J connectivity index is 1.28. The van der Waals surface area contributed by atoms with E-state index in [9.17, 15) is 9.59 Å². The summed E-state index contributed by atoms with van der Waals surface area (Å²) in [5, 5.41) is 2.15. The van der Waals surface area contributed by atoms with Crippen LogP contribution in [0, 0.1) is 0 Å². The van der Waals surface area contributed by atoms with Gasteiger partial charge >= 0.3 is 11.9 Å². The van der Waals surface area contributed by atoms with E-state index in [0.29, 0.717) is 47.4 Å². The predicted octanol–water partition coefficient (Wildman–Crippen LogP) is 5.60. The van der Waals surface area contributed by atoms with Crippen LogP contribution in [-0.2, 0) is 28.5 Å². The molecule has 0 bridgehead atoms. The third-order valence-electron chi connectivity index (χ3n) is 6.13. The van der Waals surface area contributed by atoms with Gasteiger partial charge in [0, 0.05) is 102 Å². The summed E-state index contributed by atoms with van der Waals surface area (Å²) in [5.41, 5.74) is 0. The molecule has 0 N–H and O–H groups in total. The van der Waals surface area contributed by atoms with E-state index in [1.165, 1.54) is 46.7 Å². The number of hydrogen-bond donors (Lipinski definition) is 0. The van der Waals surface area contributed by atoms with Crippen LogP contribution >= 0.6 is 94.1 Å². The van der Waals surface area contributed by atoms with Gasteiger partial charge in [0.15, 0.2) is 0 Å². The van der Waals surface area contributed by atoms with E-state index in [1.54, 1.807) is 0 Å². The number of esters is 2. The number of hydrogen-bond acceptors (Lipinski definition) is 14. The Hall–Kier alpha value is 1.14. The maximum Gasteiger partial charge on any atom is 0.330 e. The van der Waals surface area contributed by atoms with Crippen molar-refractivity contribution in [3.05, 3.63) is 25.3 Å². The third-order valence-corrected chi connectivity index (χ3v) is 17.9. The van der Waals surface area contributed by atoms with Crippen molar-refractivity contribution in [2.75, 3.05) is 95.5 Å². The molecule has 6 nitrogen and oxygen atoms in total. The zero-order valence-corrected chi connectivity index (χ0v) is 30.6. The predicted molar refractivity (Wildman–Crippen MR) is 196 cm³/mol. The van der Waals surface area contributed by atoms with Crippen LogP contribution in [0.15, 0.2) is 25.3 Å². The Kier molecular flexibility index (Phi) is 21.0. The van der Waals surface area contributed by atoms with Crippen LogP contribution in [0.3, 0.4) is 0 Å². The lowest BCUT2D eigenvalue weighted by atomic mass is 10.4. The average molecular weight is 733 g/mol. The minimum absolute atomic E-state index is 0.259. The molecule has 3 rings (SSSR count). The van der Waals surface area contributed by atoms with Gasteiger partial charge in [-0.3, -0.25) is 0 Å². The summed E-state index contributed by atoms with van der Waals surface area (Å²) in [6.45, 7) is 9.17. The maximum atomic E-state index is 11.8. The Morgan fingerprint density at radius 3 is 1.48 bits per heavy atom. The largest absolute Gasteiger partial charge is 0.456 e. The molecule has 3 saturated heterocycles. The van der Waals surface area contributed by atoms with Crippen molar-refractivity contribution in [3.8, 4) is 0 Å². The monoisotopic (exact) mass is 732 g/mol. The van der Waals surface area contributed by atoms with E-state index in [1.807, 2.05) is 70.6 Å². The smallest absolute Gasteiger partial charge is 0.330 e. The molecule has 3 aliphatic heterocycles.